The highest BCUT2D eigenvalue weighted by molar-refractivity contribution is 5.68. The fourth-order valence-corrected chi connectivity index (χ4v) is 2.88. The van der Waals surface area contributed by atoms with E-state index in [9.17, 15) is 4.79 Å². The molecule has 1 fully saturated rings. The summed E-state index contributed by atoms with van der Waals surface area (Å²) in [7, 11) is 0. The topological polar surface area (TPSA) is 41.6 Å². The Morgan fingerprint density at radius 2 is 1.91 bits per heavy atom. The molecule has 0 radical (unpaired) electrons. The van der Waals surface area contributed by atoms with E-state index in [1.54, 1.807) is 0 Å². The molecule has 0 aromatic rings. The lowest BCUT2D eigenvalue weighted by molar-refractivity contribution is 0.0183. The van der Waals surface area contributed by atoms with E-state index in [4.69, 9.17) is 4.74 Å². The Balaban J connectivity index is 2.26. The Morgan fingerprint density at radius 1 is 1.27 bits per heavy atom. The molecule has 0 bridgehead atoms. The van der Waals surface area contributed by atoms with Crippen molar-refractivity contribution in [2.24, 2.45) is 5.92 Å². The average Bonchev–Trinajstić information content (AvgIpc) is 2.46. The predicted octanol–water partition coefficient (Wildman–Crippen LogP) is 4.19. The summed E-state index contributed by atoms with van der Waals surface area (Å²) in [5.74, 6) is 0.689. The molecule has 1 aliphatic heterocycles. The van der Waals surface area contributed by atoms with Crippen molar-refractivity contribution >= 4 is 6.09 Å². The lowest BCUT2D eigenvalue weighted by Crippen LogP contribution is -2.44. The molecule has 1 rings (SSSR count). The van der Waals surface area contributed by atoms with Crippen molar-refractivity contribution in [1.29, 1.82) is 0 Å². The first-order chi connectivity index (χ1) is 10.4. The molecule has 0 spiro atoms. The van der Waals surface area contributed by atoms with E-state index in [2.05, 4.69) is 19.2 Å². The fraction of sp³-hybridized carbons (Fsp3) is 0.944. The molecule has 1 aliphatic rings. The molecule has 1 amide bonds. The van der Waals surface area contributed by atoms with Crippen LogP contribution >= 0.6 is 0 Å². The van der Waals surface area contributed by atoms with Gasteiger partial charge in [-0.05, 0) is 58.9 Å². The zero-order chi connectivity index (χ0) is 16.6. The zero-order valence-electron chi connectivity index (χ0n) is 15.3. The summed E-state index contributed by atoms with van der Waals surface area (Å²) in [6, 6.07) is 0.656. The highest BCUT2D eigenvalue weighted by Crippen LogP contribution is 2.19. The van der Waals surface area contributed by atoms with Gasteiger partial charge in [-0.3, -0.25) is 0 Å². The number of nitrogens with one attached hydrogen (secondary N) is 1. The van der Waals surface area contributed by atoms with Crippen molar-refractivity contribution in [2.75, 3.05) is 19.6 Å². The highest BCUT2D eigenvalue weighted by Gasteiger charge is 2.26. The van der Waals surface area contributed by atoms with E-state index >= 15 is 0 Å². The lowest BCUT2D eigenvalue weighted by Gasteiger charge is -2.34. The van der Waals surface area contributed by atoms with Gasteiger partial charge < -0.3 is 15.0 Å². The van der Waals surface area contributed by atoms with Gasteiger partial charge in [0.1, 0.15) is 5.60 Å². The largest absolute Gasteiger partial charge is 0.444 e. The molecule has 4 nitrogen and oxygen atoms in total. The number of nitrogens with zero attached hydrogens (tertiary/aromatic N) is 1. The predicted molar refractivity (Wildman–Crippen MR) is 92.1 cm³/mol. The molecule has 0 aromatic carbocycles. The maximum absolute atomic E-state index is 12.0. The first-order valence-corrected chi connectivity index (χ1v) is 9.07. The zero-order valence-corrected chi connectivity index (χ0v) is 15.3. The minimum Gasteiger partial charge on any atom is -0.444 e. The van der Waals surface area contributed by atoms with Gasteiger partial charge in [0, 0.05) is 19.1 Å². The SMILES string of the molecule is CCCCC(CC)NCC1CCN(C(=O)OC(C)(C)C)CC1. The van der Waals surface area contributed by atoms with Gasteiger partial charge >= 0.3 is 6.09 Å². The maximum atomic E-state index is 12.0. The number of carbonyl (C=O) groups excluding carboxylic acids is 1. The molecule has 0 aromatic heterocycles. The second-order valence-corrected chi connectivity index (χ2v) is 7.57. The summed E-state index contributed by atoms with van der Waals surface area (Å²) in [5, 5.41) is 3.72. The smallest absolute Gasteiger partial charge is 0.410 e. The van der Waals surface area contributed by atoms with Crippen molar-refractivity contribution in [2.45, 2.75) is 84.8 Å². The summed E-state index contributed by atoms with van der Waals surface area (Å²) in [4.78, 5) is 13.9. The maximum Gasteiger partial charge on any atom is 0.410 e. The fourth-order valence-electron chi connectivity index (χ4n) is 2.88. The van der Waals surface area contributed by atoms with Crippen LogP contribution in [0.25, 0.3) is 0 Å². The second kappa shape index (κ2) is 9.39. The molecular weight excluding hydrogens is 276 g/mol. The molecule has 4 heteroatoms. The number of hydrogen-bond donors (Lipinski definition) is 1. The molecule has 0 saturated carbocycles. The first kappa shape index (κ1) is 19.3. The molecule has 1 unspecified atom stereocenters. The summed E-state index contributed by atoms with van der Waals surface area (Å²) in [6.45, 7) is 13.0. The van der Waals surface area contributed by atoms with Crippen LogP contribution in [-0.4, -0.2) is 42.3 Å². The number of hydrogen-bond acceptors (Lipinski definition) is 3. The van der Waals surface area contributed by atoms with Crippen LogP contribution in [-0.2, 0) is 4.74 Å². The van der Waals surface area contributed by atoms with Gasteiger partial charge in [-0.15, -0.1) is 0 Å². The van der Waals surface area contributed by atoms with E-state index in [1.165, 1.54) is 25.7 Å². The second-order valence-electron chi connectivity index (χ2n) is 7.57. The quantitative estimate of drug-likeness (QED) is 0.766. The summed E-state index contributed by atoms with van der Waals surface area (Å²) >= 11 is 0. The van der Waals surface area contributed by atoms with E-state index in [1.807, 2.05) is 25.7 Å². The van der Waals surface area contributed by atoms with Crippen molar-refractivity contribution in [3.05, 3.63) is 0 Å². The lowest BCUT2D eigenvalue weighted by atomic mass is 9.96. The Labute approximate surface area is 137 Å². The van der Waals surface area contributed by atoms with E-state index in [-0.39, 0.29) is 6.09 Å². The first-order valence-electron chi connectivity index (χ1n) is 9.07. The summed E-state index contributed by atoms with van der Waals surface area (Å²) < 4.78 is 5.44. The number of amides is 1. The molecule has 22 heavy (non-hydrogen) atoms. The van der Waals surface area contributed by atoms with Crippen LogP contribution < -0.4 is 5.32 Å². The monoisotopic (exact) mass is 312 g/mol. The van der Waals surface area contributed by atoms with Gasteiger partial charge in [0.15, 0.2) is 0 Å². The van der Waals surface area contributed by atoms with Crippen LogP contribution in [0.4, 0.5) is 4.79 Å². The van der Waals surface area contributed by atoms with Crippen LogP contribution in [0.5, 0.6) is 0 Å². The van der Waals surface area contributed by atoms with Gasteiger partial charge in [-0.1, -0.05) is 26.7 Å². The van der Waals surface area contributed by atoms with Crippen molar-refractivity contribution < 1.29 is 9.53 Å². The van der Waals surface area contributed by atoms with Gasteiger partial charge in [0.05, 0.1) is 0 Å². The van der Waals surface area contributed by atoms with Crippen molar-refractivity contribution in [1.82, 2.24) is 10.2 Å². The van der Waals surface area contributed by atoms with Crippen LogP contribution in [0.1, 0.15) is 73.1 Å². The number of carbonyl (C=O) groups is 1. The van der Waals surface area contributed by atoms with Gasteiger partial charge in [-0.25, -0.2) is 4.79 Å². The van der Waals surface area contributed by atoms with Crippen LogP contribution in [0.15, 0.2) is 0 Å². The average molecular weight is 312 g/mol. The minimum atomic E-state index is -0.400. The molecular formula is C18H36N2O2. The van der Waals surface area contributed by atoms with Gasteiger partial charge in [-0.2, -0.15) is 0 Å². The van der Waals surface area contributed by atoms with Crippen LogP contribution in [0.2, 0.25) is 0 Å². The molecule has 130 valence electrons. The number of rotatable bonds is 7. The highest BCUT2D eigenvalue weighted by atomic mass is 16.6. The standard InChI is InChI=1S/C18H36N2O2/c1-6-8-9-16(7-2)19-14-15-10-12-20(13-11-15)17(21)22-18(3,4)5/h15-16,19H,6-14H2,1-5H3. The van der Waals surface area contributed by atoms with Crippen molar-refractivity contribution in [3.8, 4) is 0 Å². The summed E-state index contributed by atoms with van der Waals surface area (Å²) in [6.07, 6.45) is 7.07. The Morgan fingerprint density at radius 3 is 2.41 bits per heavy atom. The van der Waals surface area contributed by atoms with Crippen LogP contribution in [0, 0.1) is 5.92 Å². The number of likely N-dealkylation sites (tertiary alicyclic amines) is 1. The van der Waals surface area contributed by atoms with Gasteiger partial charge in [0.2, 0.25) is 0 Å². The normalized spacial score (nSPS) is 18.3. The molecule has 1 heterocycles. The van der Waals surface area contributed by atoms with Crippen molar-refractivity contribution in [3.63, 3.8) is 0 Å². The third-order valence-corrected chi connectivity index (χ3v) is 4.36. The Bertz CT molecular complexity index is 318. The van der Waals surface area contributed by atoms with E-state index in [0.717, 1.165) is 32.5 Å². The Kier molecular flexibility index (Phi) is 8.23. The molecule has 1 saturated heterocycles. The van der Waals surface area contributed by atoms with E-state index < -0.39 is 5.60 Å². The third kappa shape index (κ3) is 7.48. The van der Waals surface area contributed by atoms with Gasteiger partial charge in [0.25, 0.3) is 0 Å². The number of ether oxygens (including phenoxy) is 1. The Hall–Kier alpha value is -0.770. The van der Waals surface area contributed by atoms with E-state index in [0.29, 0.717) is 12.0 Å². The molecule has 1 atom stereocenters. The summed E-state index contributed by atoms with van der Waals surface area (Å²) in [5.41, 5.74) is -0.400. The molecule has 0 aliphatic carbocycles. The number of unbranched alkanes of at least 4 members (excludes halogenated alkanes) is 1. The minimum absolute atomic E-state index is 0.159. The molecule has 1 N–H and O–H groups in total. The third-order valence-electron chi connectivity index (χ3n) is 4.36. The number of piperidine rings is 1. The van der Waals surface area contributed by atoms with Crippen LogP contribution in [0.3, 0.4) is 0 Å².